The van der Waals surface area contributed by atoms with Crippen molar-refractivity contribution in [3.63, 3.8) is 0 Å². The van der Waals surface area contributed by atoms with E-state index in [1.807, 2.05) is 45.9 Å². The smallest absolute Gasteiger partial charge is 0.251 e. The Kier molecular flexibility index (Phi) is 3.69. The van der Waals surface area contributed by atoms with Gasteiger partial charge in [0, 0.05) is 5.56 Å². The zero-order valence-corrected chi connectivity index (χ0v) is 11.7. The minimum Gasteiger partial charge on any atom is -0.444 e. The minimum atomic E-state index is -0.102. The van der Waals surface area contributed by atoms with Crippen molar-refractivity contribution in [2.45, 2.75) is 34.2 Å². The lowest BCUT2D eigenvalue weighted by Gasteiger charge is -2.07. The van der Waals surface area contributed by atoms with Crippen LogP contribution in [0.15, 0.2) is 22.6 Å². The Morgan fingerprint density at radius 1 is 1.26 bits per heavy atom. The van der Waals surface area contributed by atoms with Gasteiger partial charge < -0.3 is 9.73 Å². The van der Waals surface area contributed by atoms with Gasteiger partial charge in [0.15, 0.2) is 0 Å². The third-order valence-electron chi connectivity index (χ3n) is 3.11. The minimum absolute atomic E-state index is 0.102. The van der Waals surface area contributed by atoms with E-state index in [1.54, 1.807) is 0 Å². The van der Waals surface area contributed by atoms with Gasteiger partial charge >= 0.3 is 0 Å². The van der Waals surface area contributed by atoms with Crippen molar-refractivity contribution < 1.29 is 9.21 Å². The topological polar surface area (TPSA) is 55.1 Å². The van der Waals surface area contributed by atoms with Crippen LogP contribution in [-0.4, -0.2) is 10.9 Å². The second kappa shape index (κ2) is 5.26. The fourth-order valence-corrected chi connectivity index (χ4v) is 1.85. The van der Waals surface area contributed by atoms with Crippen molar-refractivity contribution in [2.24, 2.45) is 0 Å². The van der Waals surface area contributed by atoms with E-state index in [2.05, 4.69) is 10.3 Å². The Labute approximate surface area is 112 Å². The van der Waals surface area contributed by atoms with Gasteiger partial charge in [0.2, 0.25) is 5.89 Å². The first kappa shape index (κ1) is 13.3. The summed E-state index contributed by atoms with van der Waals surface area (Å²) >= 11 is 0. The molecule has 19 heavy (non-hydrogen) atoms. The van der Waals surface area contributed by atoms with E-state index in [0.717, 1.165) is 22.6 Å². The van der Waals surface area contributed by atoms with Gasteiger partial charge in [-0.05, 0) is 39.3 Å². The average Bonchev–Trinajstić information content (AvgIpc) is 2.69. The van der Waals surface area contributed by atoms with Crippen LogP contribution >= 0.6 is 0 Å². The van der Waals surface area contributed by atoms with Gasteiger partial charge in [-0.25, -0.2) is 4.98 Å². The Bertz CT molecular complexity index is 595. The highest BCUT2D eigenvalue weighted by atomic mass is 16.4. The first-order chi connectivity index (χ1) is 8.97. The Morgan fingerprint density at radius 2 is 2.00 bits per heavy atom. The molecule has 0 fully saturated rings. The number of carbonyl (C=O) groups excluding carboxylic acids is 1. The SMILES string of the molecule is Cc1ccc(C)c(C(=O)NCc2nc(C)c(C)o2)c1. The molecule has 4 heteroatoms. The average molecular weight is 258 g/mol. The molecule has 0 aliphatic heterocycles. The molecular weight excluding hydrogens is 240 g/mol. The van der Waals surface area contributed by atoms with Crippen molar-refractivity contribution in [3.8, 4) is 0 Å². The summed E-state index contributed by atoms with van der Waals surface area (Å²) in [4.78, 5) is 16.3. The van der Waals surface area contributed by atoms with Crippen molar-refractivity contribution in [3.05, 3.63) is 52.2 Å². The number of hydrogen-bond donors (Lipinski definition) is 1. The van der Waals surface area contributed by atoms with Crippen LogP contribution in [0.2, 0.25) is 0 Å². The summed E-state index contributed by atoms with van der Waals surface area (Å²) in [6.45, 7) is 7.94. The summed E-state index contributed by atoms with van der Waals surface area (Å²) in [5.41, 5.74) is 3.58. The fraction of sp³-hybridized carbons (Fsp3) is 0.333. The molecule has 0 saturated carbocycles. The second-order valence-electron chi connectivity index (χ2n) is 4.75. The number of nitrogens with one attached hydrogen (secondary N) is 1. The lowest BCUT2D eigenvalue weighted by atomic mass is 10.1. The molecule has 100 valence electrons. The zero-order valence-electron chi connectivity index (χ0n) is 11.7. The van der Waals surface area contributed by atoms with Crippen LogP contribution in [0.5, 0.6) is 0 Å². The van der Waals surface area contributed by atoms with Gasteiger partial charge in [0.1, 0.15) is 5.76 Å². The van der Waals surface area contributed by atoms with E-state index >= 15 is 0 Å². The Morgan fingerprint density at radius 3 is 2.63 bits per heavy atom. The Hall–Kier alpha value is -2.10. The molecule has 0 atom stereocenters. The molecule has 0 radical (unpaired) electrons. The van der Waals surface area contributed by atoms with Crippen molar-refractivity contribution >= 4 is 5.91 Å². The summed E-state index contributed by atoms with van der Waals surface area (Å²) in [6, 6.07) is 5.83. The predicted molar refractivity (Wildman–Crippen MR) is 73.1 cm³/mol. The van der Waals surface area contributed by atoms with E-state index in [0.29, 0.717) is 18.0 Å². The molecule has 0 aliphatic rings. The fourth-order valence-electron chi connectivity index (χ4n) is 1.85. The third-order valence-corrected chi connectivity index (χ3v) is 3.11. The number of benzene rings is 1. The van der Waals surface area contributed by atoms with Crippen LogP contribution < -0.4 is 5.32 Å². The van der Waals surface area contributed by atoms with E-state index in [4.69, 9.17) is 4.42 Å². The highest BCUT2D eigenvalue weighted by molar-refractivity contribution is 5.95. The number of nitrogens with zero attached hydrogens (tertiary/aromatic N) is 1. The molecule has 1 N–H and O–H groups in total. The van der Waals surface area contributed by atoms with Gasteiger partial charge in [-0.2, -0.15) is 0 Å². The summed E-state index contributed by atoms with van der Waals surface area (Å²) in [7, 11) is 0. The molecule has 0 aliphatic carbocycles. The lowest BCUT2D eigenvalue weighted by Crippen LogP contribution is -2.23. The lowest BCUT2D eigenvalue weighted by molar-refractivity contribution is 0.0946. The monoisotopic (exact) mass is 258 g/mol. The number of hydrogen-bond acceptors (Lipinski definition) is 3. The molecule has 4 nitrogen and oxygen atoms in total. The van der Waals surface area contributed by atoms with E-state index in [-0.39, 0.29) is 5.91 Å². The standard InChI is InChI=1S/C15H18N2O2/c1-9-5-6-10(2)13(7-9)15(18)16-8-14-17-11(3)12(4)19-14/h5-7H,8H2,1-4H3,(H,16,18). The van der Waals surface area contributed by atoms with Crippen LogP contribution in [0, 0.1) is 27.7 Å². The molecule has 2 rings (SSSR count). The van der Waals surface area contributed by atoms with Crippen molar-refractivity contribution in [2.75, 3.05) is 0 Å². The number of oxazole rings is 1. The zero-order chi connectivity index (χ0) is 14.0. The normalized spacial score (nSPS) is 10.5. The third kappa shape index (κ3) is 3.02. The van der Waals surface area contributed by atoms with Crippen molar-refractivity contribution in [1.82, 2.24) is 10.3 Å². The van der Waals surface area contributed by atoms with Crippen LogP contribution in [0.3, 0.4) is 0 Å². The highest BCUT2D eigenvalue weighted by Gasteiger charge is 2.11. The van der Waals surface area contributed by atoms with Gasteiger partial charge in [-0.3, -0.25) is 4.79 Å². The summed E-state index contributed by atoms with van der Waals surface area (Å²) in [5, 5.41) is 2.83. The second-order valence-corrected chi connectivity index (χ2v) is 4.75. The van der Waals surface area contributed by atoms with Crippen molar-refractivity contribution in [1.29, 1.82) is 0 Å². The largest absolute Gasteiger partial charge is 0.444 e. The van der Waals surface area contributed by atoms with Gasteiger partial charge in [-0.15, -0.1) is 0 Å². The summed E-state index contributed by atoms with van der Waals surface area (Å²) in [6.07, 6.45) is 0. The molecule has 0 unspecified atom stereocenters. The van der Waals surface area contributed by atoms with Crippen LogP contribution in [-0.2, 0) is 6.54 Å². The maximum atomic E-state index is 12.1. The maximum absolute atomic E-state index is 12.1. The van der Waals surface area contributed by atoms with E-state index < -0.39 is 0 Å². The number of aryl methyl sites for hydroxylation is 4. The quantitative estimate of drug-likeness (QED) is 0.921. The van der Waals surface area contributed by atoms with E-state index in [9.17, 15) is 4.79 Å². The highest BCUT2D eigenvalue weighted by Crippen LogP contribution is 2.11. The maximum Gasteiger partial charge on any atom is 0.251 e. The Balaban J connectivity index is 2.07. The van der Waals surface area contributed by atoms with E-state index in [1.165, 1.54) is 0 Å². The summed E-state index contributed by atoms with van der Waals surface area (Å²) in [5.74, 6) is 1.22. The molecule has 1 heterocycles. The first-order valence-corrected chi connectivity index (χ1v) is 6.25. The first-order valence-electron chi connectivity index (χ1n) is 6.25. The van der Waals surface area contributed by atoms with Crippen LogP contribution in [0.4, 0.5) is 0 Å². The van der Waals surface area contributed by atoms with Crippen LogP contribution in [0.25, 0.3) is 0 Å². The molecule has 2 aromatic rings. The molecule has 1 aromatic heterocycles. The number of rotatable bonds is 3. The number of carbonyl (C=O) groups is 1. The molecule has 1 amide bonds. The predicted octanol–water partition coefficient (Wildman–Crippen LogP) is 2.84. The molecule has 0 bridgehead atoms. The van der Waals surface area contributed by atoms with Gasteiger partial charge in [-0.1, -0.05) is 17.7 Å². The number of aromatic nitrogens is 1. The molecule has 1 aromatic carbocycles. The number of amides is 1. The van der Waals surface area contributed by atoms with Gasteiger partial charge in [0.05, 0.1) is 12.2 Å². The molecule has 0 spiro atoms. The molecule has 0 saturated heterocycles. The molecular formula is C15H18N2O2. The summed E-state index contributed by atoms with van der Waals surface area (Å²) < 4.78 is 5.43. The van der Waals surface area contributed by atoms with Gasteiger partial charge in [0.25, 0.3) is 5.91 Å². The van der Waals surface area contributed by atoms with Crippen LogP contribution in [0.1, 0.15) is 38.8 Å².